The molecule has 0 saturated heterocycles. The van der Waals surface area contributed by atoms with Gasteiger partial charge in [-0.25, -0.2) is 0 Å². The van der Waals surface area contributed by atoms with Crippen LogP contribution in [0.3, 0.4) is 0 Å². The Morgan fingerprint density at radius 3 is 2.13 bits per heavy atom. The molecule has 0 unspecified atom stereocenters. The Kier molecular flexibility index (Phi) is 5.59. The van der Waals surface area contributed by atoms with E-state index in [1.807, 2.05) is 24.3 Å². The molecule has 0 atom stereocenters. The van der Waals surface area contributed by atoms with Gasteiger partial charge in [0.2, 0.25) is 0 Å². The number of hydrogen-bond acceptors (Lipinski definition) is 3. The summed E-state index contributed by atoms with van der Waals surface area (Å²) in [7, 11) is 3.13. The Labute approximate surface area is 146 Å². The summed E-state index contributed by atoms with van der Waals surface area (Å²) < 4.78 is 10.4. The molecule has 0 fully saturated rings. The van der Waals surface area contributed by atoms with Gasteiger partial charge in [0.15, 0.2) is 0 Å². The summed E-state index contributed by atoms with van der Waals surface area (Å²) >= 11 is 12.4. The minimum atomic E-state index is 0.474. The van der Waals surface area contributed by atoms with E-state index in [4.69, 9.17) is 32.7 Å². The monoisotopic (exact) mass is 349 g/mol. The van der Waals surface area contributed by atoms with Gasteiger partial charge in [-0.05, 0) is 36.4 Å². The maximum absolute atomic E-state index is 6.26. The molecule has 0 amide bonds. The number of halogens is 2. The maximum atomic E-state index is 6.26. The van der Waals surface area contributed by atoms with Crippen LogP contribution in [0.5, 0.6) is 5.75 Å². The first-order valence-electron chi connectivity index (χ1n) is 6.79. The second kappa shape index (κ2) is 7.44. The van der Waals surface area contributed by atoms with Gasteiger partial charge < -0.3 is 14.8 Å². The van der Waals surface area contributed by atoms with E-state index in [0.29, 0.717) is 32.8 Å². The van der Waals surface area contributed by atoms with Crippen molar-refractivity contribution in [2.24, 2.45) is 0 Å². The Hall–Kier alpha value is -2.10. The Balaban J connectivity index is 2.26. The molecule has 1 N–H and O–H groups in total. The van der Waals surface area contributed by atoms with Gasteiger partial charge in [0.25, 0.3) is 0 Å². The van der Waals surface area contributed by atoms with Crippen molar-refractivity contribution in [1.29, 1.82) is 0 Å². The number of nitrogens with one attached hydrogen (secondary N) is 1. The van der Waals surface area contributed by atoms with Gasteiger partial charge in [-0.15, -0.1) is 0 Å². The van der Waals surface area contributed by atoms with E-state index in [-0.39, 0.29) is 0 Å². The van der Waals surface area contributed by atoms with Crippen molar-refractivity contribution in [3.8, 4) is 5.75 Å². The maximum Gasteiger partial charge on any atom is 0.148 e. The van der Waals surface area contributed by atoms with E-state index in [0.717, 1.165) is 11.3 Å². The largest absolute Gasteiger partial charge is 0.497 e. The van der Waals surface area contributed by atoms with Gasteiger partial charge in [-0.1, -0.05) is 36.4 Å². The van der Waals surface area contributed by atoms with E-state index < -0.39 is 0 Å². The zero-order valence-electron chi connectivity index (χ0n) is 13.0. The van der Waals surface area contributed by atoms with Crippen molar-refractivity contribution < 1.29 is 9.47 Å². The van der Waals surface area contributed by atoms with Crippen LogP contribution in [0.1, 0.15) is 11.1 Å². The van der Waals surface area contributed by atoms with E-state index >= 15 is 0 Å². The molecular formula is C18H17Cl2NO2. The zero-order valence-corrected chi connectivity index (χ0v) is 14.5. The van der Waals surface area contributed by atoms with Gasteiger partial charge in [0, 0.05) is 16.9 Å². The fourth-order valence-electron chi connectivity index (χ4n) is 2.11. The molecule has 0 aromatic heterocycles. The molecule has 5 heteroatoms. The van der Waals surface area contributed by atoms with Crippen molar-refractivity contribution in [2.75, 3.05) is 19.5 Å². The lowest BCUT2D eigenvalue weighted by molar-refractivity contribution is 0.371. The topological polar surface area (TPSA) is 30.5 Å². The highest BCUT2D eigenvalue weighted by atomic mass is 35.5. The predicted molar refractivity (Wildman–Crippen MR) is 98.2 cm³/mol. The third-order valence-electron chi connectivity index (χ3n) is 3.31. The van der Waals surface area contributed by atoms with Crippen LogP contribution in [-0.4, -0.2) is 14.2 Å². The molecule has 0 radical (unpaired) electrons. The molecule has 2 aromatic rings. The highest BCUT2D eigenvalue weighted by molar-refractivity contribution is 6.36. The molecule has 0 bridgehead atoms. The predicted octanol–water partition coefficient (Wildman–Crippen LogP) is 5.70. The van der Waals surface area contributed by atoms with Crippen LogP contribution in [-0.2, 0) is 4.74 Å². The third kappa shape index (κ3) is 3.81. The van der Waals surface area contributed by atoms with Crippen molar-refractivity contribution in [1.82, 2.24) is 0 Å². The van der Waals surface area contributed by atoms with Crippen LogP contribution in [0.25, 0.3) is 11.5 Å². The number of benzene rings is 2. The van der Waals surface area contributed by atoms with E-state index in [9.17, 15) is 0 Å². The van der Waals surface area contributed by atoms with Gasteiger partial charge in [0.1, 0.15) is 11.5 Å². The fourth-order valence-corrected chi connectivity index (χ4v) is 2.61. The van der Waals surface area contributed by atoms with Crippen molar-refractivity contribution in [2.45, 2.75) is 0 Å². The van der Waals surface area contributed by atoms with Crippen LogP contribution in [0.15, 0.2) is 49.6 Å². The minimum absolute atomic E-state index is 0.474. The van der Waals surface area contributed by atoms with Crippen LogP contribution >= 0.6 is 23.2 Å². The number of ether oxygens (including phenoxy) is 2. The van der Waals surface area contributed by atoms with Crippen molar-refractivity contribution >= 4 is 40.3 Å². The molecule has 0 aliphatic carbocycles. The quantitative estimate of drug-likeness (QED) is 0.678. The van der Waals surface area contributed by atoms with Crippen LogP contribution in [0.2, 0.25) is 10.0 Å². The van der Waals surface area contributed by atoms with Crippen LogP contribution < -0.4 is 10.1 Å². The molecule has 3 nitrogen and oxygen atoms in total. The molecule has 0 aliphatic heterocycles. The summed E-state index contributed by atoms with van der Waals surface area (Å²) in [5.41, 5.74) is 2.97. The van der Waals surface area contributed by atoms with E-state index in [1.165, 1.54) is 0 Å². The standard InChI is InChI=1S/C18H17Cl2NO2/c1-11(17-15(19)9-10-16(20)18(17)23-4)21-14-7-5-13(6-8-14)12(2)22-3/h5-10,21H,1-2H2,3-4H3. The molecule has 0 saturated carbocycles. The molecule has 0 heterocycles. The minimum Gasteiger partial charge on any atom is -0.497 e. The van der Waals surface area contributed by atoms with Crippen LogP contribution in [0, 0.1) is 0 Å². The first-order chi connectivity index (χ1) is 11.0. The summed E-state index contributed by atoms with van der Waals surface area (Å²) in [6, 6.07) is 11.0. The highest BCUT2D eigenvalue weighted by Crippen LogP contribution is 2.38. The normalized spacial score (nSPS) is 10.1. The lowest BCUT2D eigenvalue weighted by atomic mass is 10.1. The van der Waals surface area contributed by atoms with Gasteiger partial charge >= 0.3 is 0 Å². The van der Waals surface area contributed by atoms with Crippen molar-refractivity contribution in [3.05, 3.63) is 70.7 Å². The Morgan fingerprint density at radius 2 is 1.57 bits per heavy atom. The van der Waals surface area contributed by atoms with Crippen molar-refractivity contribution in [3.63, 3.8) is 0 Å². The van der Waals surface area contributed by atoms with Crippen LogP contribution in [0.4, 0.5) is 5.69 Å². The Bertz CT molecular complexity index is 739. The number of anilines is 1. The zero-order chi connectivity index (χ0) is 17.0. The molecular weight excluding hydrogens is 333 g/mol. The molecule has 2 rings (SSSR count). The second-order valence-electron chi connectivity index (χ2n) is 4.75. The molecule has 23 heavy (non-hydrogen) atoms. The molecule has 120 valence electrons. The molecule has 2 aromatic carbocycles. The van der Waals surface area contributed by atoms with Gasteiger partial charge in [-0.2, -0.15) is 0 Å². The van der Waals surface area contributed by atoms with E-state index in [2.05, 4.69) is 18.5 Å². The number of hydrogen-bond donors (Lipinski definition) is 1. The first kappa shape index (κ1) is 17.3. The van der Waals surface area contributed by atoms with Gasteiger partial charge in [0.05, 0.1) is 29.8 Å². The molecule has 0 spiro atoms. The van der Waals surface area contributed by atoms with Gasteiger partial charge in [-0.3, -0.25) is 0 Å². The smallest absolute Gasteiger partial charge is 0.148 e. The summed E-state index contributed by atoms with van der Waals surface area (Å²) in [6.07, 6.45) is 0. The fraction of sp³-hybridized carbons (Fsp3) is 0.111. The number of methoxy groups -OCH3 is 2. The number of rotatable bonds is 6. The summed E-state index contributed by atoms with van der Waals surface area (Å²) in [6.45, 7) is 7.84. The average molecular weight is 350 g/mol. The first-order valence-corrected chi connectivity index (χ1v) is 7.55. The summed E-state index contributed by atoms with van der Waals surface area (Å²) in [5.74, 6) is 1.09. The lowest BCUT2D eigenvalue weighted by Gasteiger charge is -2.16. The SMILES string of the molecule is C=C(OC)c1ccc(NC(=C)c2c(Cl)ccc(Cl)c2OC)cc1. The van der Waals surface area contributed by atoms with E-state index in [1.54, 1.807) is 26.4 Å². The summed E-state index contributed by atoms with van der Waals surface area (Å²) in [5, 5.41) is 4.18. The molecule has 0 aliphatic rings. The highest BCUT2D eigenvalue weighted by Gasteiger charge is 2.15. The third-order valence-corrected chi connectivity index (χ3v) is 3.93. The summed E-state index contributed by atoms with van der Waals surface area (Å²) in [4.78, 5) is 0. The Morgan fingerprint density at radius 1 is 0.957 bits per heavy atom. The lowest BCUT2D eigenvalue weighted by Crippen LogP contribution is -2.01. The second-order valence-corrected chi connectivity index (χ2v) is 5.56. The average Bonchev–Trinajstić information content (AvgIpc) is 2.56.